The van der Waals surface area contributed by atoms with Gasteiger partial charge >= 0.3 is 5.97 Å². The molecule has 4 rings (SSSR count). The van der Waals surface area contributed by atoms with Crippen molar-refractivity contribution in [1.82, 2.24) is 20.9 Å². The maximum Gasteiger partial charge on any atom is 0.310 e. The number of ether oxygens (including phenoxy) is 2. The molecule has 2 aliphatic heterocycles. The van der Waals surface area contributed by atoms with E-state index in [-0.39, 0.29) is 18.2 Å². The summed E-state index contributed by atoms with van der Waals surface area (Å²) < 4.78 is 10.8. The Labute approximate surface area is 207 Å². The number of carbonyl (C=O) groups is 1. The Morgan fingerprint density at radius 1 is 0.971 bits per heavy atom. The molecule has 0 aromatic rings. The van der Waals surface area contributed by atoms with Crippen LogP contribution in [0.2, 0.25) is 0 Å². The summed E-state index contributed by atoms with van der Waals surface area (Å²) >= 11 is 0. The Morgan fingerprint density at radius 3 is 2.38 bits per heavy atom. The SMILES string of the molecule is CCOC(=O)C1CCCN(CCC2CCC(NC3NCC(C4CCC(OC)CC4)CN3)CC2)C1. The van der Waals surface area contributed by atoms with Gasteiger partial charge in [-0.25, -0.2) is 0 Å². The van der Waals surface area contributed by atoms with Crippen LogP contribution >= 0.6 is 0 Å². The Balaban J connectivity index is 1.08. The van der Waals surface area contributed by atoms with E-state index in [9.17, 15) is 4.79 Å². The molecule has 1 atom stereocenters. The van der Waals surface area contributed by atoms with E-state index in [1.807, 2.05) is 14.0 Å². The lowest BCUT2D eigenvalue weighted by Gasteiger charge is -2.40. The smallest absolute Gasteiger partial charge is 0.310 e. The van der Waals surface area contributed by atoms with E-state index in [2.05, 4.69) is 20.9 Å². The van der Waals surface area contributed by atoms with Crippen molar-refractivity contribution in [3.05, 3.63) is 0 Å². The fourth-order valence-electron chi connectivity index (χ4n) is 6.86. The van der Waals surface area contributed by atoms with E-state index in [1.54, 1.807) is 0 Å². The van der Waals surface area contributed by atoms with Gasteiger partial charge in [-0.3, -0.25) is 20.7 Å². The number of carbonyl (C=O) groups excluding carboxylic acids is 1. The molecule has 0 spiro atoms. The first-order valence-corrected chi connectivity index (χ1v) is 14.3. The highest BCUT2D eigenvalue weighted by Gasteiger charge is 2.32. The molecule has 4 aliphatic rings. The van der Waals surface area contributed by atoms with E-state index in [0.717, 1.165) is 63.3 Å². The Kier molecular flexibility index (Phi) is 10.5. The number of rotatable bonds is 9. The van der Waals surface area contributed by atoms with Gasteiger partial charge in [-0.2, -0.15) is 0 Å². The first-order chi connectivity index (χ1) is 16.6. The summed E-state index contributed by atoms with van der Waals surface area (Å²) in [4.78, 5) is 14.6. The summed E-state index contributed by atoms with van der Waals surface area (Å²) in [5, 5.41) is 11.3. The topological polar surface area (TPSA) is 74.9 Å². The second-order valence-corrected chi connectivity index (χ2v) is 11.3. The lowest BCUT2D eigenvalue weighted by Crippen LogP contribution is -2.63. The van der Waals surface area contributed by atoms with Crippen molar-refractivity contribution in [2.45, 2.75) is 96.0 Å². The molecular weight excluding hydrogens is 428 g/mol. The van der Waals surface area contributed by atoms with Gasteiger partial charge in [0, 0.05) is 32.8 Å². The normalized spacial score (nSPS) is 37.9. The quantitative estimate of drug-likeness (QED) is 0.440. The average Bonchev–Trinajstić information content (AvgIpc) is 2.89. The average molecular weight is 479 g/mol. The highest BCUT2D eigenvalue weighted by molar-refractivity contribution is 5.72. The minimum absolute atomic E-state index is 0.00788. The van der Waals surface area contributed by atoms with Crippen LogP contribution in [0.25, 0.3) is 0 Å². The van der Waals surface area contributed by atoms with Crippen LogP contribution in [0.15, 0.2) is 0 Å². The summed E-state index contributed by atoms with van der Waals surface area (Å²) in [6.07, 6.45) is 14.4. The van der Waals surface area contributed by atoms with Gasteiger partial charge in [-0.15, -0.1) is 0 Å². The number of likely N-dealkylation sites (tertiary alicyclic amines) is 1. The van der Waals surface area contributed by atoms with Gasteiger partial charge < -0.3 is 14.4 Å². The molecule has 3 N–H and O–H groups in total. The molecule has 34 heavy (non-hydrogen) atoms. The summed E-state index contributed by atoms with van der Waals surface area (Å²) in [5.41, 5.74) is 0. The fourth-order valence-corrected chi connectivity index (χ4v) is 6.86. The zero-order chi connectivity index (χ0) is 23.8. The number of esters is 1. The van der Waals surface area contributed by atoms with Crippen LogP contribution < -0.4 is 16.0 Å². The summed E-state index contributed by atoms with van der Waals surface area (Å²) in [6, 6.07) is 0.623. The van der Waals surface area contributed by atoms with Gasteiger partial charge in [0.15, 0.2) is 0 Å². The summed E-state index contributed by atoms with van der Waals surface area (Å²) in [6.45, 7) is 7.82. The molecule has 0 bridgehead atoms. The number of hydrogen-bond acceptors (Lipinski definition) is 7. The molecule has 0 amide bonds. The number of piperidine rings is 1. The number of nitrogens with zero attached hydrogens (tertiary/aromatic N) is 1. The van der Waals surface area contributed by atoms with Crippen LogP contribution in [0.1, 0.15) is 77.6 Å². The zero-order valence-corrected chi connectivity index (χ0v) is 21.7. The summed E-state index contributed by atoms with van der Waals surface area (Å²) in [5.74, 6) is 2.53. The molecule has 2 heterocycles. The largest absolute Gasteiger partial charge is 0.466 e. The predicted octanol–water partition coefficient (Wildman–Crippen LogP) is 3.10. The van der Waals surface area contributed by atoms with Gasteiger partial charge in [0.2, 0.25) is 0 Å². The number of methoxy groups -OCH3 is 1. The van der Waals surface area contributed by atoms with Crippen molar-refractivity contribution in [3.8, 4) is 0 Å². The maximum absolute atomic E-state index is 12.1. The van der Waals surface area contributed by atoms with E-state index < -0.39 is 0 Å². The van der Waals surface area contributed by atoms with Crippen LogP contribution in [0, 0.1) is 23.7 Å². The first kappa shape index (κ1) is 26.3. The molecule has 1 unspecified atom stereocenters. The molecule has 2 aliphatic carbocycles. The van der Waals surface area contributed by atoms with Crippen molar-refractivity contribution in [2.24, 2.45) is 23.7 Å². The van der Waals surface area contributed by atoms with Crippen LogP contribution in [0.3, 0.4) is 0 Å². The van der Waals surface area contributed by atoms with E-state index in [4.69, 9.17) is 9.47 Å². The van der Waals surface area contributed by atoms with Crippen LogP contribution in [-0.4, -0.2) is 75.7 Å². The maximum atomic E-state index is 12.1. The fraction of sp³-hybridized carbons (Fsp3) is 0.963. The molecule has 0 radical (unpaired) electrons. The van der Waals surface area contributed by atoms with Crippen LogP contribution in [0.5, 0.6) is 0 Å². The van der Waals surface area contributed by atoms with Crippen molar-refractivity contribution >= 4 is 5.97 Å². The van der Waals surface area contributed by atoms with Crippen molar-refractivity contribution in [2.75, 3.05) is 46.4 Å². The van der Waals surface area contributed by atoms with Gasteiger partial charge in [0.05, 0.1) is 18.6 Å². The first-order valence-electron chi connectivity index (χ1n) is 14.3. The minimum Gasteiger partial charge on any atom is -0.466 e. The van der Waals surface area contributed by atoms with E-state index in [0.29, 0.717) is 18.8 Å². The van der Waals surface area contributed by atoms with Gasteiger partial charge in [0.25, 0.3) is 0 Å². The molecule has 0 aromatic carbocycles. The molecule has 7 nitrogen and oxygen atoms in total. The molecule has 4 fully saturated rings. The second-order valence-electron chi connectivity index (χ2n) is 11.3. The third-order valence-corrected chi connectivity index (χ3v) is 9.12. The molecule has 0 aromatic heterocycles. The van der Waals surface area contributed by atoms with Gasteiger partial charge in [-0.1, -0.05) is 0 Å². The van der Waals surface area contributed by atoms with E-state index >= 15 is 0 Å². The number of hydrogen-bond donors (Lipinski definition) is 3. The zero-order valence-electron chi connectivity index (χ0n) is 21.7. The second kappa shape index (κ2) is 13.5. The third kappa shape index (κ3) is 7.63. The number of nitrogens with one attached hydrogen (secondary N) is 3. The molecular formula is C27H50N4O3. The van der Waals surface area contributed by atoms with Crippen molar-refractivity contribution < 1.29 is 14.3 Å². The summed E-state index contributed by atoms with van der Waals surface area (Å²) in [7, 11) is 1.86. The van der Waals surface area contributed by atoms with Crippen molar-refractivity contribution in [3.63, 3.8) is 0 Å². The highest BCUT2D eigenvalue weighted by atomic mass is 16.5. The Hall–Kier alpha value is -0.730. The molecule has 2 saturated heterocycles. The lowest BCUT2D eigenvalue weighted by atomic mass is 9.78. The molecule has 2 saturated carbocycles. The standard InChI is InChI=1S/C27H50N4O3/c1-3-34-26(32)22-5-4-15-31(19-22)16-14-20-6-10-24(11-7-20)30-27-28-17-23(18-29-27)21-8-12-25(33-2)13-9-21/h20-25,27-30H,3-19H2,1-2H3. The third-order valence-electron chi connectivity index (χ3n) is 9.12. The Morgan fingerprint density at radius 2 is 1.71 bits per heavy atom. The van der Waals surface area contributed by atoms with Gasteiger partial charge in [0.1, 0.15) is 6.29 Å². The van der Waals surface area contributed by atoms with E-state index in [1.165, 1.54) is 57.8 Å². The van der Waals surface area contributed by atoms with Gasteiger partial charge in [-0.05, 0) is 108 Å². The Bertz CT molecular complexity index is 597. The predicted molar refractivity (Wildman–Crippen MR) is 135 cm³/mol. The molecule has 196 valence electrons. The monoisotopic (exact) mass is 478 g/mol. The van der Waals surface area contributed by atoms with Crippen LogP contribution in [-0.2, 0) is 14.3 Å². The molecule has 7 heteroatoms. The van der Waals surface area contributed by atoms with Crippen LogP contribution in [0.4, 0.5) is 0 Å². The minimum atomic E-state index is 0.00788. The highest BCUT2D eigenvalue weighted by Crippen LogP contribution is 2.32. The lowest BCUT2D eigenvalue weighted by molar-refractivity contribution is -0.149. The van der Waals surface area contributed by atoms with Crippen molar-refractivity contribution in [1.29, 1.82) is 0 Å².